The lowest BCUT2D eigenvalue weighted by atomic mass is 10.1. The summed E-state index contributed by atoms with van der Waals surface area (Å²) < 4.78 is 11.6. The van der Waals surface area contributed by atoms with E-state index in [1.54, 1.807) is 0 Å². The summed E-state index contributed by atoms with van der Waals surface area (Å²) in [5, 5.41) is 8.69. The van der Waals surface area contributed by atoms with Crippen LogP contribution in [-0.4, -0.2) is 6.61 Å². The second kappa shape index (κ2) is 8.09. The molecule has 0 amide bonds. The topological polar surface area (TPSA) is 42.2 Å². The molecule has 0 bridgehead atoms. The van der Waals surface area contributed by atoms with Crippen molar-refractivity contribution in [3.05, 3.63) is 59.2 Å². The fraction of sp³-hybridized carbons (Fsp3) is 0.316. The van der Waals surface area contributed by atoms with E-state index in [0.717, 1.165) is 23.5 Å². The molecule has 2 aromatic carbocycles. The van der Waals surface area contributed by atoms with Crippen molar-refractivity contribution >= 4 is 0 Å². The highest BCUT2D eigenvalue weighted by Crippen LogP contribution is 2.30. The van der Waals surface area contributed by atoms with Crippen LogP contribution in [0.5, 0.6) is 11.5 Å². The summed E-state index contributed by atoms with van der Waals surface area (Å²) in [4.78, 5) is 0. The molecule has 3 nitrogen and oxygen atoms in total. The first-order chi connectivity index (χ1) is 10.7. The molecule has 2 aromatic rings. The molecular formula is C19H21NO2. The number of hydrogen-bond acceptors (Lipinski definition) is 3. The fourth-order valence-corrected chi connectivity index (χ4v) is 2.22. The van der Waals surface area contributed by atoms with Crippen LogP contribution in [0.2, 0.25) is 0 Å². The first-order valence-corrected chi connectivity index (χ1v) is 7.54. The maximum absolute atomic E-state index is 8.69. The monoisotopic (exact) mass is 295 g/mol. The Balaban J connectivity index is 2.12. The van der Waals surface area contributed by atoms with Crippen LogP contribution in [0.3, 0.4) is 0 Å². The molecule has 0 aliphatic heterocycles. The van der Waals surface area contributed by atoms with Crippen LogP contribution in [0.4, 0.5) is 0 Å². The Hall–Kier alpha value is -2.47. The van der Waals surface area contributed by atoms with Crippen LogP contribution >= 0.6 is 0 Å². The van der Waals surface area contributed by atoms with Gasteiger partial charge in [-0.3, -0.25) is 0 Å². The van der Waals surface area contributed by atoms with Crippen LogP contribution in [0.25, 0.3) is 0 Å². The lowest BCUT2D eigenvalue weighted by molar-refractivity contribution is 0.268. The molecule has 3 heteroatoms. The zero-order valence-corrected chi connectivity index (χ0v) is 13.1. The van der Waals surface area contributed by atoms with Crippen molar-refractivity contribution in [2.75, 3.05) is 6.61 Å². The summed E-state index contributed by atoms with van der Waals surface area (Å²) in [6, 6.07) is 16.2. The lowest BCUT2D eigenvalue weighted by Crippen LogP contribution is -2.01. The Labute approximate surface area is 132 Å². The van der Waals surface area contributed by atoms with Crippen molar-refractivity contribution in [2.45, 2.75) is 33.3 Å². The molecule has 0 spiro atoms. The van der Waals surface area contributed by atoms with Gasteiger partial charge in [0.1, 0.15) is 6.61 Å². The average Bonchev–Trinajstić information content (AvgIpc) is 2.53. The molecule has 22 heavy (non-hydrogen) atoms. The van der Waals surface area contributed by atoms with Crippen molar-refractivity contribution in [1.29, 1.82) is 5.26 Å². The Morgan fingerprint density at radius 1 is 1.05 bits per heavy atom. The van der Waals surface area contributed by atoms with Crippen molar-refractivity contribution < 1.29 is 9.47 Å². The molecule has 0 aliphatic rings. The van der Waals surface area contributed by atoms with Gasteiger partial charge in [-0.2, -0.15) is 5.26 Å². The van der Waals surface area contributed by atoms with E-state index in [-0.39, 0.29) is 0 Å². The lowest BCUT2D eigenvalue weighted by Gasteiger charge is -2.14. The van der Waals surface area contributed by atoms with Crippen LogP contribution in [0, 0.1) is 18.3 Å². The largest absolute Gasteiger partial charge is 0.490 e. The van der Waals surface area contributed by atoms with E-state index in [1.807, 2.05) is 37.3 Å². The molecule has 0 saturated carbocycles. The number of nitriles is 1. The highest BCUT2D eigenvalue weighted by molar-refractivity contribution is 5.43. The Morgan fingerprint density at radius 2 is 1.86 bits per heavy atom. The molecule has 0 atom stereocenters. The number of aryl methyl sites for hydroxylation is 2. The van der Waals surface area contributed by atoms with Crippen molar-refractivity contribution in [1.82, 2.24) is 0 Å². The van der Waals surface area contributed by atoms with Crippen LogP contribution in [-0.2, 0) is 13.0 Å². The van der Waals surface area contributed by atoms with Crippen LogP contribution < -0.4 is 9.47 Å². The molecule has 0 radical (unpaired) electrons. The highest BCUT2D eigenvalue weighted by Gasteiger charge is 2.08. The summed E-state index contributed by atoms with van der Waals surface area (Å²) in [5.74, 6) is 1.48. The number of rotatable bonds is 7. The maximum atomic E-state index is 8.69. The van der Waals surface area contributed by atoms with Gasteiger partial charge in [0.15, 0.2) is 11.5 Å². The number of hydrogen-bond donors (Lipinski definition) is 0. The van der Waals surface area contributed by atoms with Crippen LogP contribution in [0.15, 0.2) is 42.5 Å². The predicted octanol–water partition coefficient (Wildman–Crippen LogP) is 4.43. The van der Waals surface area contributed by atoms with E-state index in [4.69, 9.17) is 14.7 Å². The summed E-state index contributed by atoms with van der Waals surface area (Å²) in [6.07, 6.45) is 1.24. The summed E-state index contributed by atoms with van der Waals surface area (Å²) in [7, 11) is 0. The Bertz CT molecular complexity index is 659. The minimum atomic E-state index is 0.509. The van der Waals surface area contributed by atoms with Gasteiger partial charge in [-0.25, -0.2) is 0 Å². The first kappa shape index (κ1) is 15.9. The minimum Gasteiger partial charge on any atom is -0.490 e. The predicted molar refractivity (Wildman–Crippen MR) is 87.1 cm³/mol. The third-order valence-corrected chi connectivity index (χ3v) is 3.48. The van der Waals surface area contributed by atoms with Gasteiger partial charge in [0.25, 0.3) is 0 Å². The third kappa shape index (κ3) is 4.26. The van der Waals surface area contributed by atoms with Gasteiger partial charge in [-0.1, -0.05) is 30.3 Å². The standard InChI is InChI=1S/C19H21NO2/c1-3-21-19-13-16(8-6-12-20)10-11-18(19)22-14-17-9-5-4-7-15(17)2/h4-5,7,9-11,13H,3,6,8,14H2,1-2H3. The number of ether oxygens (including phenoxy) is 2. The van der Waals surface area contributed by atoms with Crippen molar-refractivity contribution in [3.63, 3.8) is 0 Å². The summed E-state index contributed by atoms with van der Waals surface area (Å²) in [6.45, 7) is 5.13. The summed E-state index contributed by atoms with van der Waals surface area (Å²) in [5.41, 5.74) is 3.47. The Morgan fingerprint density at radius 3 is 2.59 bits per heavy atom. The second-order valence-electron chi connectivity index (χ2n) is 5.09. The molecule has 2 rings (SSSR count). The van der Waals surface area contributed by atoms with Gasteiger partial charge in [0.05, 0.1) is 12.7 Å². The molecule has 0 heterocycles. The fourth-order valence-electron chi connectivity index (χ4n) is 2.22. The third-order valence-electron chi connectivity index (χ3n) is 3.48. The normalized spacial score (nSPS) is 10.0. The smallest absolute Gasteiger partial charge is 0.161 e. The maximum Gasteiger partial charge on any atom is 0.161 e. The van der Waals surface area contributed by atoms with E-state index in [1.165, 1.54) is 11.1 Å². The van der Waals surface area contributed by atoms with E-state index in [2.05, 4.69) is 25.1 Å². The SMILES string of the molecule is CCOc1cc(CCC#N)ccc1OCc1ccccc1C. The van der Waals surface area contributed by atoms with E-state index in [0.29, 0.717) is 19.6 Å². The van der Waals surface area contributed by atoms with Gasteiger partial charge in [-0.15, -0.1) is 0 Å². The van der Waals surface area contributed by atoms with Gasteiger partial charge in [-0.05, 0) is 49.1 Å². The number of nitrogens with zero attached hydrogens (tertiary/aromatic N) is 1. The molecule has 0 N–H and O–H groups in total. The summed E-state index contributed by atoms with van der Waals surface area (Å²) >= 11 is 0. The molecule has 0 aromatic heterocycles. The first-order valence-electron chi connectivity index (χ1n) is 7.54. The van der Waals surface area contributed by atoms with Gasteiger partial charge >= 0.3 is 0 Å². The van der Waals surface area contributed by atoms with Gasteiger partial charge < -0.3 is 9.47 Å². The molecule has 0 unspecified atom stereocenters. The van der Waals surface area contributed by atoms with Gasteiger partial charge in [0.2, 0.25) is 0 Å². The molecular weight excluding hydrogens is 274 g/mol. The number of benzene rings is 2. The molecule has 0 aliphatic carbocycles. The molecule has 0 saturated heterocycles. The Kier molecular flexibility index (Phi) is 5.85. The zero-order chi connectivity index (χ0) is 15.8. The average molecular weight is 295 g/mol. The van der Waals surface area contributed by atoms with E-state index in [9.17, 15) is 0 Å². The second-order valence-corrected chi connectivity index (χ2v) is 5.09. The van der Waals surface area contributed by atoms with Crippen molar-refractivity contribution in [2.24, 2.45) is 0 Å². The zero-order valence-electron chi connectivity index (χ0n) is 13.1. The van der Waals surface area contributed by atoms with E-state index < -0.39 is 0 Å². The quantitative estimate of drug-likeness (QED) is 0.759. The molecule has 0 fully saturated rings. The molecule has 114 valence electrons. The van der Waals surface area contributed by atoms with E-state index >= 15 is 0 Å². The van der Waals surface area contributed by atoms with Crippen LogP contribution in [0.1, 0.15) is 30.0 Å². The minimum absolute atomic E-state index is 0.509. The van der Waals surface area contributed by atoms with Crippen molar-refractivity contribution in [3.8, 4) is 17.6 Å². The highest BCUT2D eigenvalue weighted by atomic mass is 16.5. The van der Waals surface area contributed by atoms with Gasteiger partial charge in [0, 0.05) is 6.42 Å².